The normalized spacial score (nSPS) is 11.9. The highest BCUT2D eigenvalue weighted by molar-refractivity contribution is 5.97. The number of nitrogens with zero attached hydrogens (tertiary/aromatic N) is 2. The van der Waals surface area contributed by atoms with Crippen LogP contribution in [0.3, 0.4) is 0 Å². The van der Waals surface area contributed by atoms with Crippen LogP contribution in [-0.2, 0) is 0 Å². The van der Waals surface area contributed by atoms with Crippen LogP contribution in [0.2, 0.25) is 0 Å². The van der Waals surface area contributed by atoms with Crippen LogP contribution in [0.25, 0.3) is 0 Å². The zero-order valence-electron chi connectivity index (χ0n) is 21.4. The van der Waals surface area contributed by atoms with Crippen molar-refractivity contribution in [3.05, 3.63) is 35.4 Å². The van der Waals surface area contributed by atoms with Gasteiger partial charge in [-0.3, -0.25) is 19.4 Å². The van der Waals surface area contributed by atoms with Gasteiger partial charge in [-0.25, -0.2) is 0 Å². The SMILES string of the molecule is O=C(NCCN(C(CO)CO)C(CO)CO)c1ccc(C(=O)NCCN(C(CO)CO)C(CO)CO)cc1. The molecule has 38 heavy (non-hydrogen) atoms. The molecule has 0 atom stereocenters. The zero-order chi connectivity index (χ0) is 28.5. The van der Waals surface area contributed by atoms with E-state index in [-0.39, 0.29) is 37.3 Å². The summed E-state index contributed by atoms with van der Waals surface area (Å²) in [5.74, 6) is -0.862. The van der Waals surface area contributed by atoms with Gasteiger partial charge < -0.3 is 51.5 Å². The van der Waals surface area contributed by atoms with Gasteiger partial charge in [0.25, 0.3) is 11.8 Å². The van der Waals surface area contributed by atoms with E-state index in [1.165, 1.54) is 34.1 Å². The fourth-order valence-corrected chi connectivity index (χ4v) is 3.97. The lowest BCUT2D eigenvalue weighted by molar-refractivity contribution is 0.00242. The highest BCUT2D eigenvalue weighted by Gasteiger charge is 2.26. The Morgan fingerprint density at radius 1 is 0.526 bits per heavy atom. The second kappa shape index (κ2) is 18.9. The second-order valence-corrected chi connectivity index (χ2v) is 8.64. The first-order valence-electron chi connectivity index (χ1n) is 12.4. The summed E-state index contributed by atoms with van der Waals surface area (Å²) >= 11 is 0. The number of amides is 2. The molecule has 1 rings (SSSR count). The van der Waals surface area contributed by atoms with Gasteiger partial charge in [0.15, 0.2) is 0 Å². The van der Waals surface area contributed by atoms with Gasteiger partial charge in [-0.2, -0.15) is 0 Å². The number of hydrogen-bond acceptors (Lipinski definition) is 12. The number of rotatable bonds is 20. The average molecular weight is 547 g/mol. The van der Waals surface area contributed by atoms with Crippen molar-refractivity contribution in [3.8, 4) is 0 Å². The summed E-state index contributed by atoms with van der Waals surface area (Å²) in [6.07, 6.45) is 0. The number of aliphatic hydroxyl groups is 8. The first-order chi connectivity index (χ1) is 18.3. The Morgan fingerprint density at radius 2 is 0.763 bits per heavy atom. The Kier molecular flexibility index (Phi) is 16.8. The van der Waals surface area contributed by atoms with E-state index in [0.29, 0.717) is 0 Å². The zero-order valence-corrected chi connectivity index (χ0v) is 21.4. The maximum Gasteiger partial charge on any atom is 0.251 e. The third-order valence-electron chi connectivity index (χ3n) is 6.28. The maximum atomic E-state index is 12.5. The molecular weight excluding hydrogens is 504 g/mol. The molecule has 0 unspecified atom stereocenters. The van der Waals surface area contributed by atoms with Gasteiger partial charge in [-0.05, 0) is 24.3 Å². The summed E-state index contributed by atoms with van der Waals surface area (Å²) in [6.45, 7) is -2.62. The highest BCUT2D eigenvalue weighted by atomic mass is 16.3. The molecule has 0 aliphatic carbocycles. The molecule has 0 heterocycles. The van der Waals surface area contributed by atoms with Crippen LogP contribution in [-0.4, -0.2) is 166 Å². The third-order valence-corrected chi connectivity index (χ3v) is 6.28. The van der Waals surface area contributed by atoms with Crippen molar-refractivity contribution in [1.29, 1.82) is 0 Å². The molecule has 0 spiro atoms. The average Bonchev–Trinajstić information content (AvgIpc) is 2.94. The van der Waals surface area contributed by atoms with Crippen molar-refractivity contribution in [2.75, 3.05) is 79.0 Å². The topological polar surface area (TPSA) is 227 Å². The van der Waals surface area contributed by atoms with Gasteiger partial charge in [0, 0.05) is 37.3 Å². The van der Waals surface area contributed by atoms with Crippen LogP contribution < -0.4 is 10.6 Å². The molecule has 0 saturated carbocycles. The molecule has 0 bridgehead atoms. The number of carbonyl (C=O) groups is 2. The molecule has 0 aliphatic rings. The van der Waals surface area contributed by atoms with Gasteiger partial charge >= 0.3 is 0 Å². The van der Waals surface area contributed by atoms with Crippen molar-refractivity contribution in [1.82, 2.24) is 20.4 Å². The molecule has 1 aromatic rings. The first-order valence-corrected chi connectivity index (χ1v) is 12.4. The minimum atomic E-state index is -0.711. The van der Waals surface area contributed by atoms with Crippen LogP contribution in [0, 0.1) is 0 Å². The Bertz CT molecular complexity index is 696. The van der Waals surface area contributed by atoms with Crippen LogP contribution >= 0.6 is 0 Å². The molecule has 10 N–H and O–H groups in total. The molecule has 2 amide bonds. The molecule has 0 aliphatic heterocycles. The molecule has 0 fully saturated rings. The Morgan fingerprint density at radius 3 is 0.974 bits per heavy atom. The van der Waals surface area contributed by atoms with Gasteiger partial charge in [0.2, 0.25) is 0 Å². The maximum absolute atomic E-state index is 12.5. The number of hydrogen-bond donors (Lipinski definition) is 10. The fraction of sp³-hybridized carbons (Fsp3) is 0.667. The summed E-state index contributed by atoms with van der Waals surface area (Å²) in [5, 5.41) is 80.9. The summed E-state index contributed by atoms with van der Waals surface area (Å²) in [7, 11) is 0. The van der Waals surface area contributed by atoms with E-state index in [1.807, 2.05) is 0 Å². The predicted octanol–water partition coefficient (Wildman–Crippen LogP) is -4.84. The molecule has 218 valence electrons. The lowest BCUT2D eigenvalue weighted by atomic mass is 10.1. The molecule has 0 saturated heterocycles. The van der Waals surface area contributed by atoms with Crippen LogP contribution in [0.5, 0.6) is 0 Å². The first kappa shape index (κ1) is 33.8. The van der Waals surface area contributed by atoms with E-state index < -0.39 is 88.8 Å². The van der Waals surface area contributed by atoms with Crippen LogP contribution in [0.15, 0.2) is 24.3 Å². The third kappa shape index (κ3) is 10.1. The minimum absolute atomic E-state index is 0.107. The number of carbonyl (C=O) groups excluding carboxylic acids is 2. The molecule has 1 aromatic carbocycles. The van der Waals surface area contributed by atoms with E-state index in [4.69, 9.17) is 0 Å². The molecule has 14 heteroatoms. The van der Waals surface area contributed by atoms with Crippen molar-refractivity contribution >= 4 is 11.8 Å². The van der Waals surface area contributed by atoms with Gasteiger partial charge in [-0.1, -0.05) is 0 Å². The van der Waals surface area contributed by atoms with E-state index in [9.17, 15) is 50.4 Å². The van der Waals surface area contributed by atoms with E-state index in [0.717, 1.165) is 0 Å². The Labute approximate surface area is 221 Å². The number of nitrogens with one attached hydrogen (secondary N) is 2. The standard InChI is InChI=1S/C24H42N4O10/c29-9-19(10-30)27(20(11-31)12-32)7-5-25-23(37)17-1-2-18(4-3-17)24(38)26-6-8-28(21(13-33)14-34)22(15-35)16-36/h1-4,19-22,29-36H,5-16H2,(H,25,37)(H,26,38). The lowest BCUT2D eigenvalue weighted by Gasteiger charge is -2.34. The van der Waals surface area contributed by atoms with Crippen molar-refractivity contribution < 1.29 is 50.4 Å². The predicted molar refractivity (Wildman–Crippen MR) is 136 cm³/mol. The molecule has 0 aromatic heterocycles. The molecule has 14 nitrogen and oxygen atoms in total. The van der Waals surface area contributed by atoms with E-state index >= 15 is 0 Å². The lowest BCUT2D eigenvalue weighted by Crippen LogP contribution is -2.52. The quantitative estimate of drug-likeness (QED) is 0.0743. The number of aliphatic hydroxyl groups excluding tert-OH is 8. The van der Waals surface area contributed by atoms with Gasteiger partial charge in [0.1, 0.15) is 0 Å². The van der Waals surface area contributed by atoms with Gasteiger partial charge in [-0.15, -0.1) is 0 Å². The summed E-state index contributed by atoms with van der Waals surface area (Å²) in [4.78, 5) is 28.0. The Balaban J connectivity index is 2.67. The summed E-state index contributed by atoms with van der Waals surface area (Å²) < 4.78 is 0. The number of benzene rings is 1. The van der Waals surface area contributed by atoms with Crippen molar-refractivity contribution in [3.63, 3.8) is 0 Å². The molecular formula is C24H42N4O10. The molecule has 0 radical (unpaired) electrons. The monoisotopic (exact) mass is 546 g/mol. The van der Waals surface area contributed by atoms with Crippen molar-refractivity contribution in [2.45, 2.75) is 24.2 Å². The van der Waals surface area contributed by atoms with Crippen LogP contribution in [0.4, 0.5) is 0 Å². The van der Waals surface area contributed by atoms with Crippen LogP contribution in [0.1, 0.15) is 20.7 Å². The fourth-order valence-electron chi connectivity index (χ4n) is 3.97. The summed E-state index contributed by atoms with van der Waals surface area (Å²) in [6, 6.07) is 3.01. The smallest absolute Gasteiger partial charge is 0.251 e. The largest absolute Gasteiger partial charge is 0.395 e. The van der Waals surface area contributed by atoms with E-state index in [1.54, 1.807) is 0 Å². The minimum Gasteiger partial charge on any atom is -0.395 e. The van der Waals surface area contributed by atoms with Gasteiger partial charge in [0.05, 0.1) is 77.0 Å². The van der Waals surface area contributed by atoms with E-state index in [2.05, 4.69) is 10.6 Å². The van der Waals surface area contributed by atoms with Crippen molar-refractivity contribution in [2.24, 2.45) is 0 Å². The highest BCUT2D eigenvalue weighted by Crippen LogP contribution is 2.08. The summed E-state index contributed by atoms with van der Waals surface area (Å²) in [5.41, 5.74) is 0.562. The second-order valence-electron chi connectivity index (χ2n) is 8.64. The Hall–Kier alpha value is -2.24.